The monoisotopic (exact) mass is 382 g/mol. The van der Waals surface area contributed by atoms with E-state index in [0.717, 1.165) is 28.4 Å². The van der Waals surface area contributed by atoms with Crippen LogP contribution in [0.4, 0.5) is 11.4 Å². The van der Waals surface area contributed by atoms with Crippen molar-refractivity contribution >= 4 is 34.0 Å². The molecule has 0 aliphatic carbocycles. The lowest BCUT2D eigenvalue weighted by Crippen LogP contribution is -2.28. The Bertz CT molecular complexity index is 1230. The number of hydrogen-bond donors (Lipinski definition) is 1. The van der Waals surface area contributed by atoms with Gasteiger partial charge in [-0.15, -0.1) is 0 Å². The molecule has 5 heteroatoms. The van der Waals surface area contributed by atoms with Crippen LogP contribution in [-0.4, -0.2) is 18.4 Å². The third kappa shape index (κ3) is 3.17. The summed E-state index contributed by atoms with van der Waals surface area (Å²) in [6, 6.07) is 22.6. The van der Waals surface area contributed by atoms with E-state index in [-0.39, 0.29) is 11.8 Å². The van der Waals surface area contributed by atoms with Crippen LogP contribution in [0.25, 0.3) is 10.8 Å². The van der Waals surface area contributed by atoms with Gasteiger partial charge in [0, 0.05) is 23.5 Å². The first-order valence-electron chi connectivity index (χ1n) is 9.47. The molecule has 1 aliphatic rings. The van der Waals surface area contributed by atoms with Gasteiger partial charge in [-0.25, -0.2) is 0 Å². The van der Waals surface area contributed by atoms with Gasteiger partial charge in [-0.3, -0.25) is 9.59 Å². The van der Waals surface area contributed by atoms with Gasteiger partial charge < -0.3 is 14.6 Å². The molecule has 2 amide bonds. The number of hydrogen-bond acceptors (Lipinski definition) is 3. The zero-order chi connectivity index (χ0) is 19.8. The van der Waals surface area contributed by atoms with Crippen LogP contribution in [-0.2, 0) is 6.42 Å². The number of carbonyl (C=O) groups is 2. The summed E-state index contributed by atoms with van der Waals surface area (Å²) in [4.78, 5) is 27.1. The summed E-state index contributed by atoms with van der Waals surface area (Å²) in [5, 5.41) is 5.06. The van der Waals surface area contributed by atoms with Crippen molar-refractivity contribution in [2.75, 3.05) is 16.8 Å². The lowest BCUT2D eigenvalue weighted by atomic mass is 10.1. The van der Waals surface area contributed by atoms with Gasteiger partial charge in [-0.2, -0.15) is 0 Å². The minimum Gasteiger partial charge on any atom is -0.459 e. The minimum atomic E-state index is -0.183. The summed E-state index contributed by atoms with van der Waals surface area (Å²) >= 11 is 0. The van der Waals surface area contributed by atoms with Crippen molar-refractivity contribution in [1.82, 2.24) is 0 Å². The molecule has 0 fully saturated rings. The van der Waals surface area contributed by atoms with Crippen LogP contribution >= 0.6 is 0 Å². The van der Waals surface area contributed by atoms with Crippen molar-refractivity contribution in [2.45, 2.75) is 6.42 Å². The molecule has 0 atom stereocenters. The molecule has 1 N–H and O–H groups in total. The Kier molecular flexibility index (Phi) is 4.13. The van der Waals surface area contributed by atoms with Gasteiger partial charge in [0.2, 0.25) is 0 Å². The lowest BCUT2D eigenvalue weighted by molar-refractivity contribution is 0.0962. The van der Waals surface area contributed by atoms with Gasteiger partial charge in [0.05, 0.1) is 6.26 Å². The third-order valence-electron chi connectivity index (χ3n) is 5.23. The first-order valence-corrected chi connectivity index (χ1v) is 9.47. The highest BCUT2D eigenvalue weighted by atomic mass is 16.3. The third-order valence-corrected chi connectivity index (χ3v) is 5.23. The first kappa shape index (κ1) is 17.3. The van der Waals surface area contributed by atoms with Crippen LogP contribution in [0, 0.1) is 0 Å². The molecular formula is C24H18N2O3. The van der Waals surface area contributed by atoms with Gasteiger partial charge in [-0.1, -0.05) is 36.4 Å². The second kappa shape index (κ2) is 6.95. The molecule has 29 heavy (non-hydrogen) atoms. The van der Waals surface area contributed by atoms with E-state index < -0.39 is 0 Å². The van der Waals surface area contributed by atoms with Crippen molar-refractivity contribution in [2.24, 2.45) is 0 Å². The van der Waals surface area contributed by atoms with Gasteiger partial charge in [0.1, 0.15) is 0 Å². The number of nitrogens with zero attached hydrogens (tertiary/aromatic N) is 1. The van der Waals surface area contributed by atoms with Crippen molar-refractivity contribution in [3.63, 3.8) is 0 Å². The largest absolute Gasteiger partial charge is 0.459 e. The Balaban J connectivity index is 1.40. The van der Waals surface area contributed by atoms with E-state index in [4.69, 9.17) is 4.42 Å². The van der Waals surface area contributed by atoms with E-state index in [9.17, 15) is 9.59 Å². The summed E-state index contributed by atoms with van der Waals surface area (Å²) < 4.78 is 5.25. The average molecular weight is 382 g/mol. The highest BCUT2D eigenvalue weighted by Crippen LogP contribution is 2.32. The van der Waals surface area contributed by atoms with E-state index in [0.29, 0.717) is 23.6 Å². The molecule has 2 heterocycles. The minimum absolute atomic E-state index is 0.174. The van der Waals surface area contributed by atoms with Gasteiger partial charge in [0.25, 0.3) is 11.8 Å². The summed E-state index contributed by atoms with van der Waals surface area (Å²) in [5.41, 5.74) is 3.13. The molecule has 0 bridgehead atoms. The van der Waals surface area contributed by atoms with Crippen molar-refractivity contribution in [3.8, 4) is 0 Å². The van der Waals surface area contributed by atoms with Gasteiger partial charge in [-0.05, 0) is 59.2 Å². The molecule has 0 unspecified atom stereocenters. The maximum Gasteiger partial charge on any atom is 0.293 e. The van der Waals surface area contributed by atoms with E-state index in [1.165, 1.54) is 6.26 Å². The van der Waals surface area contributed by atoms with Gasteiger partial charge in [0.15, 0.2) is 5.76 Å². The molecule has 3 aromatic carbocycles. The maximum atomic E-state index is 12.8. The number of amides is 2. The number of benzene rings is 3. The number of furan rings is 1. The van der Waals surface area contributed by atoms with E-state index in [2.05, 4.69) is 5.32 Å². The smallest absolute Gasteiger partial charge is 0.293 e. The number of fused-ring (bicyclic) bond motifs is 2. The standard InChI is InChI=1S/C24H18N2O3/c27-23(19-8-7-16-4-1-2-5-18(16)14-19)25-20-10-9-17-11-12-26(21(17)15-20)24(28)22-6-3-13-29-22/h1-10,13-15H,11-12H2,(H,25,27). The Hall–Kier alpha value is -3.86. The van der Waals surface area contributed by atoms with Gasteiger partial charge >= 0.3 is 0 Å². The second-order valence-corrected chi connectivity index (χ2v) is 7.04. The fourth-order valence-electron chi connectivity index (χ4n) is 3.74. The summed E-state index contributed by atoms with van der Waals surface area (Å²) in [6.45, 7) is 0.594. The summed E-state index contributed by atoms with van der Waals surface area (Å²) in [7, 11) is 0. The molecular weight excluding hydrogens is 364 g/mol. The molecule has 5 nitrogen and oxygen atoms in total. The quantitative estimate of drug-likeness (QED) is 0.549. The van der Waals surface area contributed by atoms with E-state index in [1.54, 1.807) is 17.0 Å². The number of anilines is 2. The van der Waals surface area contributed by atoms with Crippen molar-refractivity contribution in [3.05, 3.63) is 95.9 Å². The fourth-order valence-corrected chi connectivity index (χ4v) is 3.74. The molecule has 0 saturated heterocycles. The van der Waals surface area contributed by atoms with Crippen LogP contribution < -0.4 is 10.2 Å². The number of carbonyl (C=O) groups excluding carboxylic acids is 2. The SMILES string of the molecule is O=C(Nc1ccc2c(c1)N(C(=O)c1ccco1)CC2)c1ccc2ccccc2c1. The Morgan fingerprint density at radius 1 is 0.897 bits per heavy atom. The molecule has 0 saturated carbocycles. The normalized spacial score (nSPS) is 12.8. The predicted molar refractivity (Wildman–Crippen MR) is 112 cm³/mol. The molecule has 4 aromatic rings. The van der Waals surface area contributed by atoms with E-state index >= 15 is 0 Å². The zero-order valence-corrected chi connectivity index (χ0v) is 15.6. The molecule has 1 aromatic heterocycles. The van der Waals surface area contributed by atoms with E-state index in [1.807, 2.05) is 60.7 Å². The molecule has 142 valence electrons. The average Bonchev–Trinajstić information content (AvgIpc) is 3.43. The van der Waals surface area contributed by atoms with Crippen molar-refractivity contribution in [1.29, 1.82) is 0 Å². The lowest BCUT2D eigenvalue weighted by Gasteiger charge is -2.17. The summed E-state index contributed by atoms with van der Waals surface area (Å²) in [5.74, 6) is -0.0483. The highest BCUT2D eigenvalue weighted by Gasteiger charge is 2.27. The highest BCUT2D eigenvalue weighted by molar-refractivity contribution is 6.08. The Labute approximate surface area is 167 Å². The number of nitrogens with one attached hydrogen (secondary N) is 1. The fraction of sp³-hybridized carbons (Fsp3) is 0.0833. The van der Waals surface area contributed by atoms with Crippen LogP contribution in [0.3, 0.4) is 0 Å². The second-order valence-electron chi connectivity index (χ2n) is 7.04. The Morgan fingerprint density at radius 3 is 2.59 bits per heavy atom. The van der Waals surface area contributed by atoms with Crippen LogP contribution in [0.1, 0.15) is 26.5 Å². The first-order chi connectivity index (χ1) is 14.2. The van der Waals surface area contributed by atoms with Crippen LogP contribution in [0.15, 0.2) is 83.5 Å². The van der Waals surface area contributed by atoms with Crippen LogP contribution in [0.2, 0.25) is 0 Å². The molecule has 0 radical (unpaired) electrons. The predicted octanol–water partition coefficient (Wildman–Crippen LogP) is 4.89. The van der Waals surface area contributed by atoms with Crippen molar-refractivity contribution < 1.29 is 14.0 Å². The number of rotatable bonds is 3. The maximum absolute atomic E-state index is 12.8. The molecule has 1 aliphatic heterocycles. The topological polar surface area (TPSA) is 62.6 Å². The van der Waals surface area contributed by atoms with Crippen LogP contribution in [0.5, 0.6) is 0 Å². The zero-order valence-electron chi connectivity index (χ0n) is 15.6. The Morgan fingerprint density at radius 2 is 1.76 bits per heavy atom. The molecule has 0 spiro atoms. The summed E-state index contributed by atoms with van der Waals surface area (Å²) in [6.07, 6.45) is 2.27. The molecule has 5 rings (SSSR count).